The Labute approximate surface area is 331 Å². The van der Waals surface area contributed by atoms with Crippen LogP contribution in [0.3, 0.4) is 0 Å². The highest BCUT2D eigenvalue weighted by atomic mass is 16.2. The van der Waals surface area contributed by atoms with E-state index < -0.39 is 53.7 Å². The first-order chi connectivity index (χ1) is 27.6. The van der Waals surface area contributed by atoms with Crippen LogP contribution in [0.5, 0.6) is 0 Å². The summed E-state index contributed by atoms with van der Waals surface area (Å²) in [5.74, 6) is -2.90. The lowest BCUT2D eigenvalue weighted by molar-refractivity contribution is -0.134. The second-order valence-corrected chi connectivity index (χ2v) is 14.5. The number of primary amides is 1. The summed E-state index contributed by atoms with van der Waals surface area (Å²) in [6, 6.07) is 30.6. The van der Waals surface area contributed by atoms with Gasteiger partial charge in [-0.2, -0.15) is 0 Å². The van der Waals surface area contributed by atoms with Gasteiger partial charge in [0.05, 0.1) is 0 Å². The van der Waals surface area contributed by atoms with Crippen LogP contribution in [0.1, 0.15) is 42.9 Å². The van der Waals surface area contributed by atoms with Gasteiger partial charge in [0.15, 0.2) is 0 Å². The van der Waals surface area contributed by atoms with Crippen molar-refractivity contribution in [3.8, 4) is 0 Å². The van der Waals surface area contributed by atoms with E-state index >= 15 is 0 Å². The molecule has 9 N–H and O–H groups in total. The molecule has 6 rings (SSSR count). The molecule has 5 aromatic carbocycles. The highest BCUT2D eigenvalue weighted by molar-refractivity contribution is 5.96. The Morgan fingerprint density at radius 3 is 1.61 bits per heavy atom. The predicted octanol–water partition coefficient (Wildman–Crippen LogP) is 4.08. The topological polar surface area (TPSA) is 201 Å². The van der Waals surface area contributed by atoms with Gasteiger partial charge < -0.3 is 37.7 Å². The van der Waals surface area contributed by atoms with Crippen molar-refractivity contribution >= 4 is 62.0 Å². The molecule has 0 aliphatic heterocycles. The highest BCUT2D eigenvalue weighted by Crippen LogP contribution is 2.21. The van der Waals surface area contributed by atoms with Crippen molar-refractivity contribution in [1.29, 1.82) is 0 Å². The largest absolute Gasteiger partial charge is 0.368 e. The molecule has 0 aliphatic carbocycles. The summed E-state index contributed by atoms with van der Waals surface area (Å²) in [4.78, 5) is 70.8. The van der Waals surface area contributed by atoms with Gasteiger partial charge in [0.25, 0.3) is 0 Å². The lowest BCUT2D eigenvalue weighted by atomic mass is 9.98. The average molecular weight is 768 g/mol. The molecule has 294 valence electrons. The Bertz CT molecular complexity index is 2390. The van der Waals surface area contributed by atoms with Crippen LogP contribution in [0.25, 0.3) is 32.4 Å². The van der Waals surface area contributed by atoms with Gasteiger partial charge in [0.2, 0.25) is 29.5 Å². The minimum absolute atomic E-state index is 0.0724. The SMILES string of the molecule is CC(=O)N[C@H](Cc1ccc2ccccc2c1)C(=O)N[C@H](Cc1ccc2ccccc2c1)C(=O)N[C@@H](Cc1c[nH]c2ccccc12)C(=O)N[C@H](CCCCN)C(N)=O. The third-order valence-electron chi connectivity index (χ3n) is 10.2. The van der Waals surface area contributed by atoms with E-state index in [4.69, 9.17) is 11.5 Å². The molecular weight excluding hydrogens is 719 g/mol. The molecule has 0 saturated carbocycles. The van der Waals surface area contributed by atoms with Crippen molar-refractivity contribution < 1.29 is 24.0 Å². The van der Waals surface area contributed by atoms with Crippen LogP contribution in [-0.4, -0.2) is 65.2 Å². The molecule has 0 spiro atoms. The molecule has 1 heterocycles. The average Bonchev–Trinajstić information content (AvgIpc) is 3.61. The van der Waals surface area contributed by atoms with Crippen molar-refractivity contribution in [1.82, 2.24) is 26.3 Å². The summed E-state index contributed by atoms with van der Waals surface area (Å²) in [5.41, 5.74) is 14.6. The number of H-pyrrole nitrogens is 1. The molecule has 12 nitrogen and oxygen atoms in total. The number of unbranched alkanes of at least 4 members (excludes halogenated alkanes) is 1. The Hall–Kier alpha value is -6.53. The van der Waals surface area contributed by atoms with Crippen LogP contribution in [0.4, 0.5) is 0 Å². The Balaban J connectivity index is 1.30. The van der Waals surface area contributed by atoms with Crippen molar-refractivity contribution in [2.24, 2.45) is 11.5 Å². The first kappa shape index (κ1) is 40.1. The van der Waals surface area contributed by atoms with Gasteiger partial charge in [0.1, 0.15) is 24.2 Å². The number of aromatic nitrogens is 1. The molecule has 57 heavy (non-hydrogen) atoms. The highest BCUT2D eigenvalue weighted by Gasteiger charge is 2.32. The fraction of sp³-hybridized carbons (Fsp3) is 0.267. The summed E-state index contributed by atoms with van der Waals surface area (Å²) < 4.78 is 0. The van der Waals surface area contributed by atoms with E-state index in [1.807, 2.05) is 109 Å². The maximum absolute atomic E-state index is 14.5. The maximum atomic E-state index is 14.5. The Morgan fingerprint density at radius 2 is 1.07 bits per heavy atom. The monoisotopic (exact) mass is 767 g/mol. The number of hydrogen-bond acceptors (Lipinski definition) is 6. The van der Waals surface area contributed by atoms with Gasteiger partial charge >= 0.3 is 0 Å². The quantitative estimate of drug-likeness (QED) is 0.0643. The van der Waals surface area contributed by atoms with Crippen molar-refractivity contribution in [3.63, 3.8) is 0 Å². The van der Waals surface area contributed by atoms with Gasteiger partial charge in [-0.3, -0.25) is 24.0 Å². The molecule has 4 atom stereocenters. The van der Waals surface area contributed by atoms with E-state index in [0.717, 1.165) is 49.1 Å². The number of para-hydroxylation sites is 1. The molecule has 0 unspecified atom stereocenters. The van der Waals surface area contributed by atoms with E-state index in [1.54, 1.807) is 6.20 Å². The first-order valence-corrected chi connectivity index (χ1v) is 19.3. The van der Waals surface area contributed by atoms with Gasteiger partial charge in [-0.1, -0.05) is 103 Å². The number of benzene rings is 5. The summed E-state index contributed by atoms with van der Waals surface area (Å²) in [6.45, 7) is 1.76. The molecule has 0 fully saturated rings. The number of aromatic amines is 1. The van der Waals surface area contributed by atoms with Crippen LogP contribution in [0, 0.1) is 0 Å². The molecule has 0 bridgehead atoms. The van der Waals surface area contributed by atoms with Crippen LogP contribution in [0.2, 0.25) is 0 Å². The summed E-state index contributed by atoms with van der Waals surface area (Å²) in [5, 5.41) is 16.2. The second kappa shape index (κ2) is 18.9. The van der Waals surface area contributed by atoms with Gasteiger partial charge in [-0.15, -0.1) is 0 Å². The van der Waals surface area contributed by atoms with E-state index in [2.05, 4.69) is 26.3 Å². The van der Waals surface area contributed by atoms with Crippen molar-refractivity contribution in [3.05, 3.63) is 132 Å². The van der Waals surface area contributed by atoms with Gasteiger partial charge in [-0.05, 0) is 70.1 Å². The molecule has 5 amide bonds. The third-order valence-corrected chi connectivity index (χ3v) is 10.2. The Kier molecular flexibility index (Phi) is 13.3. The van der Waals surface area contributed by atoms with Gasteiger partial charge in [0, 0.05) is 43.3 Å². The fourth-order valence-corrected chi connectivity index (χ4v) is 7.19. The molecular formula is C45H49N7O5. The number of amides is 5. The number of hydrogen-bond donors (Lipinski definition) is 7. The van der Waals surface area contributed by atoms with Crippen molar-refractivity contribution in [2.75, 3.05) is 6.54 Å². The fourth-order valence-electron chi connectivity index (χ4n) is 7.19. The number of nitrogens with one attached hydrogen (secondary N) is 5. The zero-order valence-electron chi connectivity index (χ0n) is 31.9. The summed E-state index contributed by atoms with van der Waals surface area (Å²) in [6.07, 6.45) is 3.60. The maximum Gasteiger partial charge on any atom is 0.243 e. The van der Waals surface area contributed by atoms with Crippen LogP contribution in [0.15, 0.2) is 115 Å². The second-order valence-electron chi connectivity index (χ2n) is 14.5. The first-order valence-electron chi connectivity index (χ1n) is 19.3. The molecule has 0 saturated heterocycles. The molecule has 0 radical (unpaired) electrons. The van der Waals surface area contributed by atoms with E-state index in [-0.39, 0.29) is 25.7 Å². The Morgan fingerprint density at radius 1 is 0.579 bits per heavy atom. The summed E-state index contributed by atoms with van der Waals surface area (Å²) >= 11 is 0. The molecule has 0 aliphatic rings. The minimum atomic E-state index is -1.17. The smallest absolute Gasteiger partial charge is 0.243 e. The predicted molar refractivity (Wildman–Crippen MR) is 223 cm³/mol. The number of fused-ring (bicyclic) bond motifs is 3. The van der Waals surface area contributed by atoms with Crippen molar-refractivity contribution in [2.45, 2.75) is 69.6 Å². The zero-order chi connectivity index (χ0) is 40.3. The number of nitrogens with two attached hydrogens (primary N) is 2. The van der Waals surface area contributed by atoms with E-state index in [9.17, 15) is 24.0 Å². The number of carbonyl (C=O) groups is 5. The van der Waals surface area contributed by atoms with E-state index in [1.165, 1.54) is 6.92 Å². The number of rotatable bonds is 18. The summed E-state index contributed by atoms with van der Waals surface area (Å²) in [7, 11) is 0. The lowest BCUT2D eigenvalue weighted by Gasteiger charge is -2.26. The van der Waals surface area contributed by atoms with E-state index in [0.29, 0.717) is 19.4 Å². The van der Waals surface area contributed by atoms with Gasteiger partial charge in [-0.25, -0.2) is 0 Å². The minimum Gasteiger partial charge on any atom is -0.368 e. The van der Waals surface area contributed by atoms with Crippen LogP contribution in [-0.2, 0) is 43.2 Å². The third kappa shape index (κ3) is 10.6. The lowest BCUT2D eigenvalue weighted by Crippen LogP contribution is -2.59. The zero-order valence-corrected chi connectivity index (χ0v) is 31.9. The van der Waals surface area contributed by atoms with Crippen LogP contribution < -0.4 is 32.7 Å². The van der Waals surface area contributed by atoms with Crippen LogP contribution >= 0.6 is 0 Å². The molecule has 12 heteroatoms. The number of carbonyl (C=O) groups excluding carboxylic acids is 5. The standard InChI is InChI=1S/C45H49N7O5/c1-28(53)49-39(24-29-17-19-31-10-2-4-12-33(31)22-29)43(55)51-40(25-30-18-20-32-11-3-5-13-34(32)23-30)44(56)52-41(26-35-27-48-37-15-7-6-14-36(35)37)45(57)50-38(42(47)54)16-8-9-21-46/h2-7,10-15,17-20,22-23,27,38-41,48H,8-9,16,21,24-26,46H2,1H3,(H2,47,54)(H,49,53)(H,50,57)(H,51,55)(H,52,56)/t38-,39-,40-,41+/m1/s1. The molecule has 1 aromatic heterocycles. The normalized spacial score (nSPS) is 13.4. The molecule has 6 aromatic rings.